The van der Waals surface area contributed by atoms with Gasteiger partial charge in [-0.2, -0.15) is 13.2 Å². The van der Waals surface area contributed by atoms with Crippen LogP contribution in [0.25, 0.3) is 10.8 Å². The molecule has 2 aromatic carbocycles. The highest BCUT2D eigenvalue weighted by atomic mass is 79.9. The minimum atomic E-state index is -5.08. The Morgan fingerprint density at radius 2 is 2.04 bits per heavy atom. The molecule has 0 radical (unpaired) electrons. The number of carboxylic acid groups (broad SMARTS) is 1. The average molecular weight is 458 g/mol. The van der Waals surface area contributed by atoms with Crippen LogP contribution in [0.4, 0.5) is 18.9 Å². The lowest BCUT2D eigenvalue weighted by Crippen LogP contribution is -2.39. The summed E-state index contributed by atoms with van der Waals surface area (Å²) in [6, 6.07) is 10.6. The van der Waals surface area contributed by atoms with E-state index in [9.17, 15) is 13.2 Å². The lowest BCUT2D eigenvalue weighted by Gasteiger charge is -2.21. The topological polar surface area (TPSA) is 76.4 Å². The van der Waals surface area contributed by atoms with E-state index in [0.29, 0.717) is 18.4 Å². The molecule has 1 atom stereocenters. The number of anilines is 1. The van der Waals surface area contributed by atoms with Gasteiger partial charge < -0.3 is 15.3 Å². The molecule has 0 amide bonds. The Kier molecular flexibility index (Phi) is 6.71. The number of carbonyl (C=O) groups is 1. The van der Waals surface area contributed by atoms with Crippen LogP contribution >= 0.6 is 15.9 Å². The molecule has 28 heavy (non-hydrogen) atoms. The molecule has 0 aliphatic carbocycles. The van der Waals surface area contributed by atoms with Crippen molar-refractivity contribution in [3.8, 4) is 0 Å². The minimum Gasteiger partial charge on any atom is -0.475 e. The molecule has 1 aliphatic heterocycles. The molecule has 1 unspecified atom stereocenters. The van der Waals surface area contributed by atoms with E-state index in [1.165, 1.54) is 16.3 Å². The maximum Gasteiger partial charge on any atom is 0.490 e. The van der Waals surface area contributed by atoms with Crippen molar-refractivity contribution in [1.29, 1.82) is 5.41 Å². The van der Waals surface area contributed by atoms with Gasteiger partial charge in [-0.3, -0.25) is 5.41 Å². The Bertz CT molecular complexity index is 915. The number of benzene rings is 2. The summed E-state index contributed by atoms with van der Waals surface area (Å²) in [6.07, 6.45) is -3.31. The summed E-state index contributed by atoms with van der Waals surface area (Å²) in [5, 5.41) is 20.9. The van der Waals surface area contributed by atoms with Crippen molar-refractivity contribution in [3.05, 3.63) is 53.0 Å². The molecular weight excluding hydrogens is 439 g/mol. The highest BCUT2D eigenvalue weighted by molar-refractivity contribution is 9.10. The summed E-state index contributed by atoms with van der Waals surface area (Å²) >= 11 is 3.62. The van der Waals surface area contributed by atoms with Gasteiger partial charge in [0.2, 0.25) is 0 Å². The van der Waals surface area contributed by atoms with Crippen molar-refractivity contribution in [2.75, 3.05) is 18.0 Å². The highest BCUT2D eigenvalue weighted by Gasteiger charge is 2.38. The standard InChI is InChI=1S/C17H18BrN3.C2HF3O2/c1-3-9-20-17(19)21-10-11(2)16-13-5-4-6-14(18)12(13)7-8-15(16)21;3-2(4,5)1(6)7/h3-8,11H,1,9-10H2,2H3,(H2,19,20);(H,6,7). The summed E-state index contributed by atoms with van der Waals surface area (Å²) in [6.45, 7) is 7.35. The molecule has 1 aliphatic rings. The van der Waals surface area contributed by atoms with Crippen LogP contribution in [0.15, 0.2) is 47.5 Å². The van der Waals surface area contributed by atoms with E-state index in [-0.39, 0.29) is 0 Å². The van der Waals surface area contributed by atoms with Gasteiger partial charge in [-0.15, -0.1) is 6.58 Å². The van der Waals surface area contributed by atoms with Crippen LogP contribution in [-0.4, -0.2) is 36.3 Å². The molecular formula is C19H19BrF3N3O2. The second kappa shape index (κ2) is 8.64. The molecule has 2 aromatic rings. The first-order valence-electron chi connectivity index (χ1n) is 8.30. The normalized spacial score (nSPS) is 15.5. The molecule has 3 N–H and O–H groups in total. The number of fused-ring (bicyclic) bond motifs is 3. The Hall–Kier alpha value is -2.55. The zero-order chi connectivity index (χ0) is 21.1. The summed E-state index contributed by atoms with van der Waals surface area (Å²) < 4.78 is 32.9. The smallest absolute Gasteiger partial charge is 0.475 e. The fraction of sp³-hybridized carbons (Fsp3) is 0.263. The van der Waals surface area contributed by atoms with Crippen LogP contribution in [0.2, 0.25) is 0 Å². The Morgan fingerprint density at radius 1 is 1.39 bits per heavy atom. The Morgan fingerprint density at radius 3 is 2.61 bits per heavy atom. The molecule has 5 nitrogen and oxygen atoms in total. The first-order chi connectivity index (χ1) is 13.1. The van der Waals surface area contributed by atoms with Gasteiger partial charge in [0.1, 0.15) is 0 Å². The van der Waals surface area contributed by atoms with Crippen LogP contribution in [-0.2, 0) is 4.79 Å². The highest BCUT2D eigenvalue weighted by Crippen LogP contribution is 2.42. The quantitative estimate of drug-likeness (QED) is 0.341. The van der Waals surface area contributed by atoms with E-state index in [2.05, 4.69) is 65.1 Å². The van der Waals surface area contributed by atoms with Crippen LogP contribution in [0, 0.1) is 5.41 Å². The molecule has 0 fully saturated rings. The van der Waals surface area contributed by atoms with E-state index in [0.717, 1.165) is 16.7 Å². The Labute approximate surface area is 168 Å². The van der Waals surface area contributed by atoms with Gasteiger partial charge in [0.15, 0.2) is 5.96 Å². The third-order valence-electron chi connectivity index (χ3n) is 4.19. The van der Waals surface area contributed by atoms with Gasteiger partial charge >= 0.3 is 12.1 Å². The summed E-state index contributed by atoms with van der Waals surface area (Å²) in [4.78, 5) is 10.9. The van der Waals surface area contributed by atoms with Crippen molar-refractivity contribution >= 4 is 44.3 Å². The zero-order valence-electron chi connectivity index (χ0n) is 15.0. The molecule has 9 heteroatoms. The van der Waals surface area contributed by atoms with Crippen molar-refractivity contribution in [1.82, 2.24) is 5.32 Å². The third kappa shape index (κ3) is 4.64. The van der Waals surface area contributed by atoms with Gasteiger partial charge in [-0.05, 0) is 28.5 Å². The van der Waals surface area contributed by atoms with Gasteiger partial charge in [-0.1, -0.05) is 47.1 Å². The predicted octanol–water partition coefficient (Wildman–Crippen LogP) is 4.87. The largest absolute Gasteiger partial charge is 0.490 e. The van der Waals surface area contributed by atoms with E-state index >= 15 is 0 Å². The molecule has 0 saturated heterocycles. The van der Waals surface area contributed by atoms with Crippen molar-refractivity contribution in [3.63, 3.8) is 0 Å². The third-order valence-corrected chi connectivity index (χ3v) is 4.88. The number of aliphatic carboxylic acids is 1. The van der Waals surface area contributed by atoms with Crippen LogP contribution in [0.3, 0.4) is 0 Å². The minimum absolute atomic E-state index is 0.406. The number of hydrogen-bond donors (Lipinski definition) is 3. The molecule has 0 bridgehead atoms. The second-order valence-electron chi connectivity index (χ2n) is 6.17. The van der Waals surface area contributed by atoms with Gasteiger partial charge in [-0.25, -0.2) is 4.79 Å². The summed E-state index contributed by atoms with van der Waals surface area (Å²) in [7, 11) is 0. The van der Waals surface area contributed by atoms with Gasteiger partial charge in [0.25, 0.3) is 0 Å². The molecule has 0 aromatic heterocycles. The van der Waals surface area contributed by atoms with E-state index in [1.807, 2.05) is 4.90 Å². The summed E-state index contributed by atoms with van der Waals surface area (Å²) in [5.74, 6) is -1.91. The van der Waals surface area contributed by atoms with Crippen molar-refractivity contribution in [2.24, 2.45) is 0 Å². The number of carboxylic acids is 1. The first-order valence-corrected chi connectivity index (χ1v) is 9.09. The average Bonchev–Trinajstić information content (AvgIpc) is 2.97. The van der Waals surface area contributed by atoms with E-state index in [4.69, 9.17) is 15.3 Å². The van der Waals surface area contributed by atoms with Crippen molar-refractivity contribution in [2.45, 2.75) is 19.0 Å². The van der Waals surface area contributed by atoms with Crippen LogP contribution in [0.1, 0.15) is 18.4 Å². The zero-order valence-corrected chi connectivity index (χ0v) is 16.6. The van der Waals surface area contributed by atoms with Gasteiger partial charge in [0, 0.05) is 29.2 Å². The molecule has 0 spiro atoms. The number of hydrogen-bond acceptors (Lipinski definition) is 2. The second-order valence-corrected chi connectivity index (χ2v) is 7.02. The maximum atomic E-state index is 10.6. The number of nitrogens with one attached hydrogen (secondary N) is 2. The number of guanidine groups is 1. The van der Waals surface area contributed by atoms with Crippen molar-refractivity contribution < 1.29 is 23.1 Å². The summed E-state index contributed by atoms with van der Waals surface area (Å²) in [5.41, 5.74) is 2.47. The Balaban J connectivity index is 0.000000345. The molecule has 150 valence electrons. The fourth-order valence-corrected chi connectivity index (χ4v) is 3.52. The molecule has 3 rings (SSSR count). The van der Waals surface area contributed by atoms with Crippen LogP contribution < -0.4 is 10.2 Å². The number of halogens is 4. The lowest BCUT2D eigenvalue weighted by atomic mass is 9.96. The number of rotatable bonds is 2. The molecule has 0 saturated carbocycles. The van der Waals surface area contributed by atoms with E-state index < -0.39 is 12.1 Å². The SMILES string of the molecule is C=CCNC(=N)N1CC(C)c2c1ccc1c(Br)cccc21.O=C(O)C(F)(F)F. The monoisotopic (exact) mass is 457 g/mol. The number of nitrogens with zero attached hydrogens (tertiary/aromatic N) is 1. The molecule has 1 heterocycles. The first kappa shape index (κ1) is 21.7. The van der Waals surface area contributed by atoms with E-state index in [1.54, 1.807) is 6.08 Å². The number of alkyl halides is 3. The maximum absolute atomic E-state index is 10.6. The van der Waals surface area contributed by atoms with Crippen LogP contribution in [0.5, 0.6) is 0 Å². The predicted molar refractivity (Wildman–Crippen MR) is 107 cm³/mol. The lowest BCUT2D eigenvalue weighted by molar-refractivity contribution is -0.192. The van der Waals surface area contributed by atoms with Gasteiger partial charge in [0.05, 0.1) is 0 Å². The fourth-order valence-electron chi connectivity index (χ4n) is 3.02.